The van der Waals surface area contributed by atoms with E-state index >= 15 is 0 Å². The van der Waals surface area contributed by atoms with Crippen LogP contribution in [0.4, 0.5) is 0 Å². The van der Waals surface area contributed by atoms with Crippen molar-refractivity contribution in [1.29, 1.82) is 0 Å². The Morgan fingerprint density at radius 2 is 2.25 bits per heavy atom. The summed E-state index contributed by atoms with van der Waals surface area (Å²) in [7, 11) is 0. The molecule has 0 aromatic rings. The molecule has 0 bridgehead atoms. The molecule has 0 N–H and O–H groups in total. The molecule has 8 heavy (non-hydrogen) atoms. The highest BCUT2D eigenvalue weighted by atomic mass is 16.5. The topological polar surface area (TPSA) is 9.23 Å². The van der Waals surface area contributed by atoms with E-state index in [1.54, 1.807) is 0 Å². The molecule has 0 saturated carbocycles. The summed E-state index contributed by atoms with van der Waals surface area (Å²) < 4.78 is 5.03. The monoisotopic (exact) mass is 112 g/mol. The fourth-order valence-electron chi connectivity index (χ4n) is 0.393. The van der Waals surface area contributed by atoms with Gasteiger partial charge in [-0.25, -0.2) is 0 Å². The molecular weight excluding hydrogens is 100 g/mol. The highest BCUT2D eigenvalue weighted by Gasteiger charge is 1.76. The van der Waals surface area contributed by atoms with Gasteiger partial charge in [-0.05, 0) is 13.8 Å². The highest BCUT2D eigenvalue weighted by Crippen LogP contribution is 1.77. The van der Waals surface area contributed by atoms with Crippen LogP contribution in [0.1, 0.15) is 20.3 Å². The Kier molecular flexibility index (Phi) is 6.13. The van der Waals surface area contributed by atoms with Crippen molar-refractivity contribution in [3.8, 4) is 11.8 Å². The Bertz CT molecular complexity index is 86.3. The normalized spacial score (nSPS) is 7.75. The van der Waals surface area contributed by atoms with Crippen LogP contribution in [-0.2, 0) is 4.74 Å². The van der Waals surface area contributed by atoms with Crippen LogP contribution < -0.4 is 0 Å². The molecule has 0 fully saturated rings. The van der Waals surface area contributed by atoms with Crippen LogP contribution in [0, 0.1) is 11.8 Å². The minimum absolute atomic E-state index is 0.775. The van der Waals surface area contributed by atoms with E-state index in [1.807, 2.05) is 13.8 Å². The van der Waals surface area contributed by atoms with Crippen LogP contribution in [-0.4, -0.2) is 13.2 Å². The van der Waals surface area contributed by atoms with Gasteiger partial charge in [-0.15, -0.1) is 11.8 Å². The van der Waals surface area contributed by atoms with E-state index in [-0.39, 0.29) is 0 Å². The van der Waals surface area contributed by atoms with Crippen molar-refractivity contribution in [1.82, 2.24) is 0 Å². The summed E-state index contributed by atoms with van der Waals surface area (Å²) >= 11 is 0. The highest BCUT2D eigenvalue weighted by molar-refractivity contribution is 4.94. The maximum Gasteiger partial charge on any atom is 0.0575 e. The standard InChI is InChI=1S/C7H12O/c1-3-5-6-7-8-4-2/h4,6-7H2,1-2H3. The SMILES string of the molecule is CC#CCCOCC. The molecule has 1 heteroatoms. The van der Waals surface area contributed by atoms with E-state index in [4.69, 9.17) is 4.74 Å². The summed E-state index contributed by atoms with van der Waals surface area (Å²) in [4.78, 5) is 0. The van der Waals surface area contributed by atoms with E-state index in [0.29, 0.717) is 0 Å². The minimum Gasteiger partial charge on any atom is -0.381 e. The lowest BCUT2D eigenvalue weighted by molar-refractivity contribution is 0.154. The minimum atomic E-state index is 0.775. The van der Waals surface area contributed by atoms with Crippen LogP contribution in [0.3, 0.4) is 0 Å². The summed E-state index contributed by atoms with van der Waals surface area (Å²) in [6.45, 7) is 5.40. The van der Waals surface area contributed by atoms with Crippen molar-refractivity contribution in [2.24, 2.45) is 0 Å². The lowest BCUT2D eigenvalue weighted by atomic mass is 10.4. The van der Waals surface area contributed by atoms with Crippen LogP contribution in [0.5, 0.6) is 0 Å². The summed E-state index contributed by atoms with van der Waals surface area (Å²) in [6.07, 6.45) is 0.865. The molecule has 0 unspecified atom stereocenters. The molecule has 0 radical (unpaired) electrons. The van der Waals surface area contributed by atoms with Gasteiger partial charge >= 0.3 is 0 Å². The maximum absolute atomic E-state index is 5.03. The Balaban J connectivity index is 2.79. The first-order valence-electron chi connectivity index (χ1n) is 2.89. The Morgan fingerprint density at radius 1 is 1.50 bits per heavy atom. The lowest BCUT2D eigenvalue weighted by Gasteiger charge is -1.91. The Labute approximate surface area is 51.0 Å². The van der Waals surface area contributed by atoms with E-state index in [0.717, 1.165) is 19.6 Å². The molecule has 0 aromatic heterocycles. The van der Waals surface area contributed by atoms with Gasteiger partial charge in [-0.2, -0.15) is 0 Å². The van der Waals surface area contributed by atoms with Gasteiger partial charge in [0.05, 0.1) is 6.61 Å². The zero-order chi connectivity index (χ0) is 6.24. The van der Waals surface area contributed by atoms with Crippen molar-refractivity contribution < 1.29 is 4.74 Å². The van der Waals surface area contributed by atoms with Crippen LogP contribution in [0.2, 0.25) is 0 Å². The molecule has 1 nitrogen and oxygen atoms in total. The third-order valence-corrected chi connectivity index (χ3v) is 0.752. The summed E-state index contributed by atoms with van der Waals surface area (Å²) in [5, 5.41) is 0. The second kappa shape index (κ2) is 6.52. The molecule has 0 aliphatic heterocycles. The predicted molar refractivity (Wildman–Crippen MR) is 34.6 cm³/mol. The van der Waals surface area contributed by atoms with E-state index in [1.165, 1.54) is 0 Å². The molecule has 0 aliphatic carbocycles. The van der Waals surface area contributed by atoms with Crippen LogP contribution >= 0.6 is 0 Å². The van der Waals surface area contributed by atoms with Crippen molar-refractivity contribution in [2.75, 3.05) is 13.2 Å². The van der Waals surface area contributed by atoms with Crippen molar-refractivity contribution in [2.45, 2.75) is 20.3 Å². The number of hydrogen-bond donors (Lipinski definition) is 0. The van der Waals surface area contributed by atoms with Gasteiger partial charge in [0.1, 0.15) is 0 Å². The molecular formula is C7H12O. The lowest BCUT2D eigenvalue weighted by Crippen LogP contribution is -1.90. The van der Waals surface area contributed by atoms with Gasteiger partial charge in [0.25, 0.3) is 0 Å². The first-order valence-corrected chi connectivity index (χ1v) is 2.89. The fraction of sp³-hybridized carbons (Fsp3) is 0.714. The first kappa shape index (κ1) is 7.52. The Morgan fingerprint density at radius 3 is 2.75 bits per heavy atom. The molecule has 0 heterocycles. The van der Waals surface area contributed by atoms with E-state index in [9.17, 15) is 0 Å². The van der Waals surface area contributed by atoms with Gasteiger partial charge in [-0.1, -0.05) is 0 Å². The third-order valence-electron chi connectivity index (χ3n) is 0.752. The first-order chi connectivity index (χ1) is 3.91. The largest absolute Gasteiger partial charge is 0.381 e. The van der Waals surface area contributed by atoms with Gasteiger partial charge in [0.2, 0.25) is 0 Å². The van der Waals surface area contributed by atoms with Gasteiger partial charge in [-0.3, -0.25) is 0 Å². The second-order valence-electron chi connectivity index (χ2n) is 1.37. The molecule has 0 spiro atoms. The second-order valence-corrected chi connectivity index (χ2v) is 1.37. The number of hydrogen-bond acceptors (Lipinski definition) is 1. The summed E-state index contributed by atoms with van der Waals surface area (Å²) in [6, 6.07) is 0. The Hall–Kier alpha value is -0.480. The molecule has 46 valence electrons. The number of ether oxygens (including phenoxy) is 1. The van der Waals surface area contributed by atoms with Crippen molar-refractivity contribution >= 4 is 0 Å². The molecule has 0 aliphatic rings. The molecule has 0 rings (SSSR count). The van der Waals surface area contributed by atoms with Gasteiger partial charge in [0, 0.05) is 13.0 Å². The molecule has 0 aromatic carbocycles. The molecule has 0 amide bonds. The number of rotatable bonds is 3. The fourth-order valence-corrected chi connectivity index (χ4v) is 0.393. The van der Waals surface area contributed by atoms with E-state index < -0.39 is 0 Å². The average molecular weight is 112 g/mol. The zero-order valence-electron chi connectivity index (χ0n) is 5.53. The molecule has 0 saturated heterocycles. The van der Waals surface area contributed by atoms with Gasteiger partial charge < -0.3 is 4.74 Å². The third kappa shape index (κ3) is 5.52. The van der Waals surface area contributed by atoms with Crippen LogP contribution in [0.15, 0.2) is 0 Å². The van der Waals surface area contributed by atoms with Crippen molar-refractivity contribution in [3.63, 3.8) is 0 Å². The predicted octanol–water partition coefficient (Wildman–Crippen LogP) is 1.44. The summed E-state index contributed by atoms with van der Waals surface area (Å²) in [5.41, 5.74) is 0. The smallest absolute Gasteiger partial charge is 0.0575 e. The maximum atomic E-state index is 5.03. The molecule has 0 atom stereocenters. The average Bonchev–Trinajstić information content (AvgIpc) is 1.81. The quantitative estimate of drug-likeness (QED) is 0.396. The van der Waals surface area contributed by atoms with Crippen LogP contribution in [0.25, 0.3) is 0 Å². The van der Waals surface area contributed by atoms with E-state index in [2.05, 4.69) is 11.8 Å². The van der Waals surface area contributed by atoms with Gasteiger partial charge in [0.15, 0.2) is 0 Å². The zero-order valence-corrected chi connectivity index (χ0v) is 5.53. The summed E-state index contributed by atoms with van der Waals surface area (Å²) in [5.74, 6) is 5.70. The van der Waals surface area contributed by atoms with Crippen molar-refractivity contribution in [3.05, 3.63) is 0 Å².